The zero-order valence-electron chi connectivity index (χ0n) is 15.4. The number of urea groups is 1. The molecule has 140 valence electrons. The molecule has 1 aliphatic rings. The number of aryl methyl sites for hydroxylation is 3. The molecule has 26 heavy (non-hydrogen) atoms. The molecule has 0 unspecified atom stereocenters. The van der Waals surface area contributed by atoms with Gasteiger partial charge < -0.3 is 24.5 Å². The Labute approximate surface area is 152 Å². The molecule has 2 amide bonds. The minimum atomic E-state index is -0.411. The van der Waals surface area contributed by atoms with E-state index in [9.17, 15) is 9.59 Å². The van der Waals surface area contributed by atoms with Crippen LogP contribution in [0.3, 0.4) is 0 Å². The highest BCUT2D eigenvalue weighted by Crippen LogP contribution is 2.27. The van der Waals surface area contributed by atoms with E-state index < -0.39 is 6.03 Å². The Morgan fingerprint density at radius 3 is 3.00 bits per heavy atom. The predicted octanol–water partition coefficient (Wildman–Crippen LogP) is 1.95. The van der Waals surface area contributed by atoms with Crippen LogP contribution in [0, 0.1) is 6.92 Å². The third kappa shape index (κ3) is 3.65. The second-order valence-electron chi connectivity index (χ2n) is 6.50. The summed E-state index contributed by atoms with van der Waals surface area (Å²) in [5, 5.41) is 5.65. The molecule has 2 aromatic heterocycles. The number of carbonyl (C=O) groups excluding carboxylic acids is 1. The third-order valence-corrected chi connectivity index (χ3v) is 4.70. The molecule has 2 atom stereocenters. The molecule has 8 nitrogen and oxygen atoms in total. The number of hydrogen-bond donors (Lipinski definition) is 2. The Morgan fingerprint density at radius 1 is 1.42 bits per heavy atom. The molecule has 0 aliphatic carbocycles. The topological polar surface area (TPSA) is 90.2 Å². The van der Waals surface area contributed by atoms with Crippen molar-refractivity contribution >= 4 is 11.7 Å². The van der Waals surface area contributed by atoms with E-state index in [0.717, 1.165) is 30.8 Å². The van der Waals surface area contributed by atoms with Crippen LogP contribution in [0.5, 0.6) is 0 Å². The minimum absolute atomic E-state index is 0.204. The van der Waals surface area contributed by atoms with E-state index in [1.54, 1.807) is 32.4 Å². The van der Waals surface area contributed by atoms with Crippen LogP contribution >= 0.6 is 0 Å². The normalized spacial score (nSPS) is 20.0. The second kappa shape index (κ2) is 7.74. The summed E-state index contributed by atoms with van der Waals surface area (Å²) in [6.45, 7) is 5.26. The van der Waals surface area contributed by atoms with Crippen molar-refractivity contribution in [1.82, 2.24) is 19.4 Å². The lowest BCUT2D eigenvalue weighted by Gasteiger charge is -2.32. The number of anilines is 1. The number of nitrogens with one attached hydrogen (secondary N) is 2. The van der Waals surface area contributed by atoms with Gasteiger partial charge in [-0.25, -0.2) is 9.78 Å². The number of nitrogens with zero attached hydrogens (tertiary/aromatic N) is 3. The fraction of sp³-hybridized carbons (Fsp3) is 0.500. The van der Waals surface area contributed by atoms with E-state index in [2.05, 4.69) is 15.6 Å². The van der Waals surface area contributed by atoms with Gasteiger partial charge in [0.2, 0.25) is 0 Å². The van der Waals surface area contributed by atoms with E-state index in [1.165, 1.54) is 4.57 Å². The first kappa shape index (κ1) is 18.2. The zero-order valence-corrected chi connectivity index (χ0v) is 15.4. The maximum atomic E-state index is 12.5. The minimum Gasteiger partial charge on any atom is -0.368 e. The Hall–Kier alpha value is -2.61. The Bertz CT molecular complexity index is 842. The molecular formula is C18H25N5O3. The van der Waals surface area contributed by atoms with Crippen LogP contribution in [0.2, 0.25) is 0 Å². The lowest BCUT2D eigenvalue weighted by molar-refractivity contribution is -0.0140. The first-order valence-electron chi connectivity index (χ1n) is 8.87. The average Bonchev–Trinajstić information content (AvgIpc) is 3.11. The highest BCUT2D eigenvalue weighted by atomic mass is 16.5. The quantitative estimate of drug-likeness (QED) is 0.873. The van der Waals surface area contributed by atoms with Gasteiger partial charge in [0, 0.05) is 38.8 Å². The Balaban J connectivity index is 1.75. The lowest BCUT2D eigenvalue weighted by atomic mass is 10.0. The van der Waals surface area contributed by atoms with Crippen molar-refractivity contribution in [2.75, 3.05) is 11.9 Å². The Kier molecular flexibility index (Phi) is 5.41. The molecule has 2 aromatic rings. The first-order chi connectivity index (χ1) is 12.5. The monoisotopic (exact) mass is 359 g/mol. The SMILES string of the molecule is CCn1ccnc1[C@H]1OCCC[C@@H]1NC(=O)Nc1c(C)ccn(C)c1=O. The van der Waals surface area contributed by atoms with Gasteiger partial charge in [-0.3, -0.25) is 4.79 Å². The average molecular weight is 359 g/mol. The van der Waals surface area contributed by atoms with Gasteiger partial charge in [0.1, 0.15) is 17.6 Å². The highest BCUT2D eigenvalue weighted by Gasteiger charge is 2.32. The van der Waals surface area contributed by atoms with Crippen LogP contribution in [0.1, 0.15) is 37.3 Å². The van der Waals surface area contributed by atoms with Gasteiger partial charge in [-0.2, -0.15) is 0 Å². The van der Waals surface area contributed by atoms with E-state index in [1.807, 2.05) is 17.7 Å². The molecule has 0 saturated carbocycles. The van der Waals surface area contributed by atoms with Crippen LogP contribution < -0.4 is 16.2 Å². The molecule has 0 radical (unpaired) electrons. The number of aromatic nitrogens is 3. The summed E-state index contributed by atoms with van der Waals surface area (Å²) in [6, 6.07) is 1.18. The summed E-state index contributed by atoms with van der Waals surface area (Å²) in [5.74, 6) is 0.810. The van der Waals surface area contributed by atoms with Crippen molar-refractivity contribution in [3.8, 4) is 0 Å². The van der Waals surface area contributed by atoms with E-state index in [-0.39, 0.29) is 23.4 Å². The van der Waals surface area contributed by atoms with Crippen molar-refractivity contribution < 1.29 is 9.53 Å². The van der Waals surface area contributed by atoms with Crippen LogP contribution in [0.4, 0.5) is 10.5 Å². The van der Waals surface area contributed by atoms with Crippen LogP contribution in [0.15, 0.2) is 29.5 Å². The summed E-state index contributed by atoms with van der Waals surface area (Å²) < 4.78 is 9.35. The number of hydrogen-bond acceptors (Lipinski definition) is 4. The summed E-state index contributed by atoms with van der Waals surface area (Å²) in [7, 11) is 1.65. The fourth-order valence-electron chi connectivity index (χ4n) is 3.22. The van der Waals surface area contributed by atoms with Gasteiger partial charge in [-0.1, -0.05) is 0 Å². The number of rotatable bonds is 4. The number of imidazole rings is 1. The van der Waals surface area contributed by atoms with E-state index >= 15 is 0 Å². The number of ether oxygens (including phenoxy) is 1. The van der Waals surface area contributed by atoms with Crippen LogP contribution in [-0.2, 0) is 18.3 Å². The molecule has 0 aromatic carbocycles. The lowest BCUT2D eigenvalue weighted by Crippen LogP contribution is -2.46. The number of pyridine rings is 1. The Morgan fingerprint density at radius 2 is 2.23 bits per heavy atom. The summed E-state index contributed by atoms with van der Waals surface area (Å²) in [5.41, 5.74) is 0.773. The van der Waals surface area contributed by atoms with Gasteiger partial charge in [0.15, 0.2) is 0 Å². The van der Waals surface area contributed by atoms with Crippen LogP contribution in [0.25, 0.3) is 0 Å². The molecule has 8 heteroatoms. The van der Waals surface area contributed by atoms with E-state index in [4.69, 9.17) is 4.74 Å². The van der Waals surface area contributed by atoms with Crippen LogP contribution in [-0.4, -0.2) is 32.8 Å². The maximum absolute atomic E-state index is 12.5. The zero-order chi connectivity index (χ0) is 18.7. The molecule has 1 aliphatic heterocycles. The molecule has 2 N–H and O–H groups in total. The maximum Gasteiger partial charge on any atom is 0.319 e. The molecule has 0 bridgehead atoms. The van der Waals surface area contributed by atoms with E-state index in [0.29, 0.717) is 6.61 Å². The standard InChI is InChI=1S/C18H25N5O3/c1-4-23-10-8-19-16(23)15-13(6-5-11-26-15)20-18(25)21-14-12(2)7-9-22(3)17(14)24/h7-10,13,15H,4-6,11H2,1-3H3,(H2,20,21,25)/t13-,15-/m0/s1. The second-order valence-corrected chi connectivity index (χ2v) is 6.50. The first-order valence-corrected chi connectivity index (χ1v) is 8.87. The van der Waals surface area contributed by atoms with Gasteiger partial charge in [-0.05, 0) is 38.3 Å². The van der Waals surface area contributed by atoms with Crippen molar-refractivity contribution in [2.45, 2.75) is 45.4 Å². The number of amides is 2. The van der Waals surface area contributed by atoms with Gasteiger partial charge in [0.25, 0.3) is 5.56 Å². The smallest absolute Gasteiger partial charge is 0.319 e. The molecule has 1 saturated heterocycles. The molecule has 1 fully saturated rings. The summed E-state index contributed by atoms with van der Waals surface area (Å²) in [6.07, 6.45) is 6.67. The fourth-order valence-corrected chi connectivity index (χ4v) is 3.22. The van der Waals surface area contributed by atoms with Gasteiger partial charge in [-0.15, -0.1) is 0 Å². The molecular weight excluding hydrogens is 334 g/mol. The molecule has 3 heterocycles. The van der Waals surface area contributed by atoms with Crippen molar-refractivity contribution in [3.63, 3.8) is 0 Å². The predicted molar refractivity (Wildman–Crippen MR) is 98.2 cm³/mol. The van der Waals surface area contributed by atoms with Gasteiger partial charge >= 0.3 is 6.03 Å². The summed E-state index contributed by atoms with van der Waals surface area (Å²) in [4.78, 5) is 29.2. The highest BCUT2D eigenvalue weighted by molar-refractivity contribution is 5.90. The third-order valence-electron chi connectivity index (χ3n) is 4.70. The number of carbonyl (C=O) groups is 1. The molecule has 3 rings (SSSR count). The van der Waals surface area contributed by atoms with Gasteiger partial charge in [0.05, 0.1) is 6.04 Å². The van der Waals surface area contributed by atoms with Crippen molar-refractivity contribution in [3.05, 3.63) is 46.4 Å². The van der Waals surface area contributed by atoms with Crippen molar-refractivity contribution in [2.24, 2.45) is 7.05 Å². The summed E-state index contributed by atoms with van der Waals surface area (Å²) >= 11 is 0. The van der Waals surface area contributed by atoms with Crippen molar-refractivity contribution in [1.29, 1.82) is 0 Å². The molecule has 0 spiro atoms. The largest absolute Gasteiger partial charge is 0.368 e.